The predicted octanol–water partition coefficient (Wildman–Crippen LogP) is 5.59. The molecule has 31 heavy (non-hydrogen) atoms. The number of esters is 1. The van der Waals surface area contributed by atoms with Crippen LogP contribution >= 0.6 is 0 Å². The normalized spacial score (nSPS) is 19.2. The number of hydrogen-bond acceptors (Lipinski definition) is 5. The predicted molar refractivity (Wildman–Crippen MR) is 126 cm³/mol. The lowest BCUT2D eigenvalue weighted by molar-refractivity contribution is -0.145. The highest BCUT2D eigenvalue weighted by Gasteiger charge is 2.22. The number of rotatable bonds is 20. The molecule has 1 heterocycles. The van der Waals surface area contributed by atoms with Gasteiger partial charge in [-0.15, -0.1) is 0 Å². The van der Waals surface area contributed by atoms with E-state index in [0.717, 1.165) is 12.8 Å². The molecule has 1 aliphatic rings. The molecule has 0 unspecified atom stereocenters. The Morgan fingerprint density at radius 2 is 1.32 bits per heavy atom. The first-order valence-electron chi connectivity index (χ1n) is 12.9. The summed E-state index contributed by atoms with van der Waals surface area (Å²) in [5.74, 6) is -0.378. The average molecular weight is 441 g/mol. The topological polar surface area (TPSA) is 87.0 Å². The lowest BCUT2D eigenvalue weighted by Gasteiger charge is -2.23. The number of unbranched alkanes of at least 4 members (excludes halogenated alkanes) is 12. The summed E-state index contributed by atoms with van der Waals surface area (Å²) in [4.78, 5) is 11.2. The molecular formula is C26H48O5. The zero-order valence-electron chi connectivity index (χ0n) is 19.9. The molecule has 182 valence electrons. The minimum atomic E-state index is -0.734. The van der Waals surface area contributed by atoms with Crippen LogP contribution in [0, 0.1) is 0 Å². The second kappa shape index (κ2) is 18.6. The van der Waals surface area contributed by atoms with E-state index < -0.39 is 18.3 Å². The van der Waals surface area contributed by atoms with Crippen molar-refractivity contribution in [2.75, 3.05) is 0 Å². The summed E-state index contributed by atoms with van der Waals surface area (Å²) < 4.78 is 5.13. The zero-order chi connectivity index (χ0) is 22.7. The highest BCUT2D eigenvalue weighted by Crippen LogP contribution is 2.19. The van der Waals surface area contributed by atoms with Crippen LogP contribution < -0.4 is 0 Å². The van der Waals surface area contributed by atoms with Crippen LogP contribution in [0.1, 0.15) is 122 Å². The Kier molecular flexibility index (Phi) is 16.9. The fourth-order valence-electron chi connectivity index (χ4n) is 4.35. The Bertz CT molecular complexity index is 465. The molecule has 0 saturated heterocycles. The fourth-order valence-corrected chi connectivity index (χ4v) is 4.35. The van der Waals surface area contributed by atoms with Crippen LogP contribution in [-0.4, -0.2) is 45.7 Å². The number of aliphatic hydroxyl groups excluding tert-OH is 3. The molecule has 0 aromatic heterocycles. The minimum absolute atomic E-state index is 0.202. The molecule has 0 spiro atoms. The quantitative estimate of drug-likeness (QED) is 0.170. The molecule has 0 aromatic rings. The molecule has 0 aliphatic carbocycles. The SMILES string of the molecule is CCCCCCCCCCCCCCC[C@@H](O)C[C@@H](O)C[C@H](O)C[C@H]1CC=CC(=O)O1. The van der Waals surface area contributed by atoms with Crippen molar-refractivity contribution < 1.29 is 24.9 Å². The van der Waals surface area contributed by atoms with Crippen molar-refractivity contribution >= 4 is 5.97 Å². The largest absolute Gasteiger partial charge is 0.459 e. The van der Waals surface area contributed by atoms with E-state index in [1.54, 1.807) is 6.08 Å². The van der Waals surface area contributed by atoms with Crippen molar-refractivity contribution in [3.05, 3.63) is 12.2 Å². The maximum absolute atomic E-state index is 11.2. The van der Waals surface area contributed by atoms with Crippen molar-refractivity contribution in [3.8, 4) is 0 Å². The van der Waals surface area contributed by atoms with Gasteiger partial charge in [0.05, 0.1) is 18.3 Å². The van der Waals surface area contributed by atoms with Gasteiger partial charge in [-0.25, -0.2) is 4.79 Å². The number of cyclic esters (lactones) is 1. The minimum Gasteiger partial charge on any atom is -0.459 e. The summed E-state index contributed by atoms with van der Waals surface area (Å²) in [6.07, 6.45) is 19.9. The number of carbonyl (C=O) groups excluding carboxylic acids is 1. The Balaban J connectivity index is 1.91. The number of hydrogen-bond donors (Lipinski definition) is 3. The van der Waals surface area contributed by atoms with Gasteiger partial charge in [0, 0.05) is 18.9 Å². The van der Waals surface area contributed by atoms with E-state index in [2.05, 4.69) is 6.92 Å². The first kappa shape index (κ1) is 28.1. The molecule has 0 fully saturated rings. The second-order valence-electron chi connectivity index (χ2n) is 9.40. The van der Waals surface area contributed by atoms with Crippen LogP contribution in [0.15, 0.2) is 12.2 Å². The number of carbonyl (C=O) groups is 1. The second-order valence-corrected chi connectivity index (χ2v) is 9.40. The summed E-state index contributed by atoms with van der Waals surface area (Å²) in [7, 11) is 0. The van der Waals surface area contributed by atoms with Crippen LogP contribution in [0.5, 0.6) is 0 Å². The van der Waals surface area contributed by atoms with Crippen molar-refractivity contribution in [3.63, 3.8) is 0 Å². The lowest BCUT2D eigenvalue weighted by atomic mass is 9.97. The Hall–Kier alpha value is -0.910. The van der Waals surface area contributed by atoms with Gasteiger partial charge in [-0.1, -0.05) is 96.5 Å². The smallest absolute Gasteiger partial charge is 0.330 e. The molecule has 5 heteroatoms. The van der Waals surface area contributed by atoms with Gasteiger partial charge in [-0.2, -0.15) is 0 Å². The molecule has 0 saturated carbocycles. The Morgan fingerprint density at radius 3 is 1.87 bits per heavy atom. The third-order valence-electron chi connectivity index (χ3n) is 6.20. The molecule has 3 N–H and O–H groups in total. The van der Waals surface area contributed by atoms with Crippen molar-refractivity contribution in [2.24, 2.45) is 0 Å². The molecule has 5 nitrogen and oxygen atoms in total. The summed E-state index contributed by atoms with van der Waals surface area (Å²) in [6, 6.07) is 0. The highest BCUT2D eigenvalue weighted by atomic mass is 16.5. The molecule has 4 atom stereocenters. The van der Waals surface area contributed by atoms with Crippen LogP contribution in [0.2, 0.25) is 0 Å². The van der Waals surface area contributed by atoms with Gasteiger partial charge >= 0.3 is 5.97 Å². The van der Waals surface area contributed by atoms with Gasteiger partial charge in [-0.3, -0.25) is 0 Å². The lowest BCUT2D eigenvalue weighted by Crippen LogP contribution is -2.28. The standard InChI is InChI=1S/C26H48O5/c1-2-3-4-5-6-7-8-9-10-11-12-13-14-16-22(27)19-23(28)20-24(29)21-25-17-15-18-26(30)31-25/h15,18,22-25,27-29H,2-14,16-17,19-21H2,1H3/t22-,23-,24+,25-/m1/s1. The third kappa shape index (κ3) is 16.4. The highest BCUT2D eigenvalue weighted by molar-refractivity contribution is 5.82. The molecule has 0 aromatic carbocycles. The first-order valence-corrected chi connectivity index (χ1v) is 12.9. The summed E-state index contributed by atoms with van der Waals surface area (Å²) in [5.41, 5.74) is 0. The van der Waals surface area contributed by atoms with Crippen LogP contribution in [0.25, 0.3) is 0 Å². The monoisotopic (exact) mass is 440 g/mol. The van der Waals surface area contributed by atoms with Crippen molar-refractivity contribution in [2.45, 2.75) is 147 Å². The Labute approximate surface area is 190 Å². The molecule has 0 amide bonds. The van der Waals surface area contributed by atoms with Crippen molar-refractivity contribution in [1.29, 1.82) is 0 Å². The van der Waals surface area contributed by atoms with Crippen LogP contribution in [-0.2, 0) is 9.53 Å². The van der Waals surface area contributed by atoms with E-state index in [1.165, 1.54) is 76.7 Å². The fraction of sp³-hybridized carbons (Fsp3) is 0.885. The average Bonchev–Trinajstić information content (AvgIpc) is 2.71. The van der Waals surface area contributed by atoms with E-state index in [9.17, 15) is 20.1 Å². The molecule has 1 aliphatic heterocycles. The Morgan fingerprint density at radius 1 is 0.806 bits per heavy atom. The van der Waals surface area contributed by atoms with Gasteiger partial charge in [0.25, 0.3) is 0 Å². The molecule has 0 radical (unpaired) electrons. The number of aliphatic hydroxyl groups is 3. The summed E-state index contributed by atoms with van der Waals surface area (Å²) in [5, 5.41) is 30.4. The van der Waals surface area contributed by atoms with Gasteiger partial charge in [0.1, 0.15) is 6.10 Å². The maximum atomic E-state index is 11.2. The first-order chi connectivity index (χ1) is 15.0. The van der Waals surface area contributed by atoms with E-state index in [0.29, 0.717) is 25.7 Å². The summed E-state index contributed by atoms with van der Waals surface area (Å²) in [6.45, 7) is 2.26. The van der Waals surface area contributed by atoms with E-state index in [1.807, 2.05) is 0 Å². The maximum Gasteiger partial charge on any atom is 0.330 e. The van der Waals surface area contributed by atoms with E-state index >= 15 is 0 Å². The van der Waals surface area contributed by atoms with Crippen LogP contribution in [0.3, 0.4) is 0 Å². The van der Waals surface area contributed by atoms with E-state index in [4.69, 9.17) is 4.74 Å². The molecular weight excluding hydrogens is 392 g/mol. The summed E-state index contributed by atoms with van der Waals surface area (Å²) >= 11 is 0. The van der Waals surface area contributed by atoms with Gasteiger partial charge in [0.2, 0.25) is 0 Å². The van der Waals surface area contributed by atoms with Gasteiger partial charge in [0.15, 0.2) is 0 Å². The van der Waals surface area contributed by atoms with Crippen LogP contribution in [0.4, 0.5) is 0 Å². The van der Waals surface area contributed by atoms with Gasteiger partial charge in [-0.05, 0) is 19.3 Å². The van der Waals surface area contributed by atoms with Crippen molar-refractivity contribution in [1.82, 2.24) is 0 Å². The van der Waals surface area contributed by atoms with E-state index in [-0.39, 0.29) is 18.5 Å². The zero-order valence-corrected chi connectivity index (χ0v) is 19.9. The molecule has 1 rings (SSSR count). The number of ether oxygens (including phenoxy) is 1. The third-order valence-corrected chi connectivity index (χ3v) is 6.20. The van der Waals surface area contributed by atoms with Gasteiger partial charge < -0.3 is 20.1 Å². The molecule has 0 bridgehead atoms.